The predicted octanol–water partition coefficient (Wildman–Crippen LogP) is 2.94. The molecule has 5 nitrogen and oxygen atoms in total. The zero-order valence-electron chi connectivity index (χ0n) is 12.3. The molecule has 0 aliphatic heterocycles. The maximum Gasteiger partial charge on any atom is 0.339 e. The van der Waals surface area contributed by atoms with Crippen molar-refractivity contribution in [2.45, 2.75) is 18.7 Å². The molecule has 0 unspecified atom stereocenters. The highest BCUT2D eigenvalue weighted by Crippen LogP contribution is 2.19. The van der Waals surface area contributed by atoms with Crippen LogP contribution in [0.1, 0.15) is 22.8 Å². The van der Waals surface area contributed by atoms with Gasteiger partial charge in [0.05, 0.1) is 12.2 Å². The van der Waals surface area contributed by atoms with Gasteiger partial charge in [-0.25, -0.2) is 4.79 Å². The minimum Gasteiger partial charge on any atom is -0.462 e. The third kappa shape index (κ3) is 3.85. The second-order valence-electron chi connectivity index (χ2n) is 4.60. The number of benzene rings is 2. The quantitative estimate of drug-likeness (QED) is 0.626. The van der Waals surface area contributed by atoms with Crippen LogP contribution < -0.4 is 4.18 Å². The molecule has 2 aromatic carbocycles. The lowest BCUT2D eigenvalue weighted by Crippen LogP contribution is -2.10. The van der Waals surface area contributed by atoms with Crippen LogP contribution in [0.25, 0.3) is 0 Å². The van der Waals surface area contributed by atoms with Crippen molar-refractivity contribution in [1.29, 1.82) is 0 Å². The zero-order chi connectivity index (χ0) is 16.2. The first-order chi connectivity index (χ1) is 10.4. The van der Waals surface area contributed by atoms with Crippen molar-refractivity contribution in [2.75, 3.05) is 6.61 Å². The molecule has 0 atom stereocenters. The Bertz CT molecular complexity index is 746. The summed E-state index contributed by atoms with van der Waals surface area (Å²) in [5.41, 5.74) is 1.29. The monoisotopic (exact) mass is 320 g/mol. The summed E-state index contributed by atoms with van der Waals surface area (Å²) in [4.78, 5) is 11.6. The molecule has 0 bridgehead atoms. The van der Waals surface area contributed by atoms with Crippen LogP contribution in [0.4, 0.5) is 0 Å². The minimum absolute atomic E-state index is 0.0765. The van der Waals surface area contributed by atoms with E-state index >= 15 is 0 Å². The summed E-state index contributed by atoms with van der Waals surface area (Å²) < 4.78 is 34.1. The second-order valence-corrected chi connectivity index (χ2v) is 6.14. The lowest BCUT2D eigenvalue weighted by Gasteiger charge is -2.08. The van der Waals surface area contributed by atoms with Crippen LogP contribution in [0.15, 0.2) is 53.4 Å². The van der Waals surface area contributed by atoms with E-state index in [0.29, 0.717) is 5.56 Å². The standard InChI is InChI=1S/C16H16O5S/c1-3-20-16(17)13-6-8-14(9-7-13)21-22(18,19)15-10-4-12(2)5-11-15/h4-11H,3H2,1-2H3. The highest BCUT2D eigenvalue weighted by atomic mass is 32.2. The van der Waals surface area contributed by atoms with Crippen LogP contribution in [0.3, 0.4) is 0 Å². The topological polar surface area (TPSA) is 69.7 Å². The summed E-state index contributed by atoms with van der Waals surface area (Å²) in [6.07, 6.45) is 0. The van der Waals surface area contributed by atoms with Crippen LogP contribution in [0, 0.1) is 6.92 Å². The van der Waals surface area contributed by atoms with E-state index in [-0.39, 0.29) is 17.3 Å². The van der Waals surface area contributed by atoms with Crippen molar-refractivity contribution in [3.63, 3.8) is 0 Å². The maximum absolute atomic E-state index is 12.1. The number of hydrogen-bond acceptors (Lipinski definition) is 5. The molecule has 0 amide bonds. The number of carbonyl (C=O) groups excluding carboxylic acids is 1. The average molecular weight is 320 g/mol. The summed E-state index contributed by atoms with van der Waals surface area (Å²) >= 11 is 0. The normalized spacial score (nSPS) is 11.0. The van der Waals surface area contributed by atoms with Gasteiger partial charge in [-0.05, 0) is 50.2 Å². The lowest BCUT2D eigenvalue weighted by molar-refractivity contribution is 0.0526. The molecule has 0 saturated heterocycles. The van der Waals surface area contributed by atoms with Gasteiger partial charge in [0, 0.05) is 0 Å². The molecule has 0 fully saturated rings. The molecule has 22 heavy (non-hydrogen) atoms. The maximum atomic E-state index is 12.1. The van der Waals surface area contributed by atoms with Gasteiger partial charge >= 0.3 is 16.1 Å². The summed E-state index contributed by atoms with van der Waals surface area (Å²) in [6.45, 7) is 3.85. The van der Waals surface area contributed by atoms with Gasteiger partial charge in [0.15, 0.2) is 0 Å². The molecule has 0 saturated carbocycles. The fourth-order valence-corrected chi connectivity index (χ4v) is 2.67. The third-order valence-corrected chi connectivity index (χ3v) is 4.14. The second kappa shape index (κ2) is 6.62. The Labute approximate surface area is 129 Å². The summed E-state index contributed by atoms with van der Waals surface area (Å²) in [5.74, 6) is -0.330. The Balaban J connectivity index is 2.16. The number of aryl methyl sites for hydroxylation is 1. The Morgan fingerprint density at radius 3 is 2.14 bits per heavy atom. The molecule has 0 aliphatic carbocycles. The van der Waals surface area contributed by atoms with Crippen molar-refractivity contribution in [3.8, 4) is 5.75 Å². The van der Waals surface area contributed by atoms with Gasteiger partial charge in [-0.2, -0.15) is 8.42 Å². The number of carbonyl (C=O) groups is 1. The molecule has 0 heterocycles. The third-order valence-electron chi connectivity index (χ3n) is 2.88. The van der Waals surface area contributed by atoms with Gasteiger partial charge in [-0.1, -0.05) is 17.7 Å². The van der Waals surface area contributed by atoms with Gasteiger partial charge in [0.25, 0.3) is 0 Å². The number of ether oxygens (including phenoxy) is 1. The molecular formula is C16H16O5S. The summed E-state index contributed by atoms with van der Waals surface area (Å²) in [7, 11) is -3.89. The van der Waals surface area contributed by atoms with Gasteiger partial charge in [0.2, 0.25) is 0 Å². The average Bonchev–Trinajstić information content (AvgIpc) is 2.48. The van der Waals surface area contributed by atoms with E-state index < -0.39 is 16.1 Å². The minimum atomic E-state index is -3.89. The zero-order valence-corrected chi connectivity index (χ0v) is 13.1. The molecule has 0 aliphatic rings. The van der Waals surface area contributed by atoms with Crippen LogP contribution in [0.5, 0.6) is 5.75 Å². The summed E-state index contributed by atoms with van der Waals surface area (Å²) in [6, 6.07) is 12.1. The van der Waals surface area contributed by atoms with Gasteiger partial charge < -0.3 is 8.92 Å². The van der Waals surface area contributed by atoms with Crippen LogP contribution in [-0.4, -0.2) is 21.0 Å². The van der Waals surface area contributed by atoms with E-state index in [1.807, 2.05) is 6.92 Å². The Hall–Kier alpha value is -2.34. The van der Waals surface area contributed by atoms with E-state index in [1.165, 1.54) is 36.4 Å². The molecule has 6 heteroatoms. The van der Waals surface area contributed by atoms with Crippen molar-refractivity contribution in [3.05, 3.63) is 59.7 Å². The van der Waals surface area contributed by atoms with E-state index in [9.17, 15) is 13.2 Å². The van der Waals surface area contributed by atoms with Crippen LogP contribution in [0.2, 0.25) is 0 Å². The first-order valence-corrected chi connectivity index (χ1v) is 8.11. The molecule has 2 rings (SSSR count). The van der Waals surface area contributed by atoms with Gasteiger partial charge in [-0.15, -0.1) is 0 Å². The van der Waals surface area contributed by atoms with Gasteiger partial charge in [0.1, 0.15) is 10.6 Å². The van der Waals surface area contributed by atoms with Crippen LogP contribution in [-0.2, 0) is 14.9 Å². The molecule has 2 aromatic rings. The fraction of sp³-hybridized carbons (Fsp3) is 0.188. The Morgan fingerprint density at radius 1 is 1.00 bits per heavy atom. The first-order valence-electron chi connectivity index (χ1n) is 6.71. The number of hydrogen-bond donors (Lipinski definition) is 0. The molecule has 0 N–H and O–H groups in total. The van der Waals surface area contributed by atoms with Crippen molar-refractivity contribution >= 4 is 16.1 Å². The molecule has 116 valence electrons. The number of esters is 1. The van der Waals surface area contributed by atoms with E-state index in [4.69, 9.17) is 8.92 Å². The SMILES string of the molecule is CCOC(=O)c1ccc(OS(=O)(=O)c2ccc(C)cc2)cc1. The van der Waals surface area contributed by atoms with E-state index in [2.05, 4.69) is 0 Å². The van der Waals surface area contributed by atoms with E-state index in [0.717, 1.165) is 5.56 Å². The van der Waals surface area contributed by atoms with E-state index in [1.54, 1.807) is 19.1 Å². The first kappa shape index (κ1) is 16.0. The highest BCUT2D eigenvalue weighted by molar-refractivity contribution is 7.87. The molecule has 0 spiro atoms. The fourth-order valence-electron chi connectivity index (χ4n) is 1.74. The van der Waals surface area contributed by atoms with Crippen LogP contribution >= 0.6 is 0 Å². The molecule has 0 aromatic heterocycles. The Morgan fingerprint density at radius 2 is 1.59 bits per heavy atom. The molecule has 0 radical (unpaired) electrons. The van der Waals surface area contributed by atoms with Crippen molar-refractivity contribution < 1.29 is 22.1 Å². The van der Waals surface area contributed by atoms with Gasteiger partial charge in [-0.3, -0.25) is 0 Å². The number of rotatable bonds is 5. The summed E-state index contributed by atoms with van der Waals surface area (Å²) in [5, 5.41) is 0. The largest absolute Gasteiger partial charge is 0.462 e. The predicted molar refractivity (Wildman–Crippen MR) is 81.4 cm³/mol. The lowest BCUT2D eigenvalue weighted by atomic mass is 10.2. The Kier molecular flexibility index (Phi) is 4.82. The smallest absolute Gasteiger partial charge is 0.339 e. The molecular weight excluding hydrogens is 304 g/mol. The highest BCUT2D eigenvalue weighted by Gasteiger charge is 2.16. The van der Waals surface area contributed by atoms with Crippen molar-refractivity contribution in [2.24, 2.45) is 0 Å². The van der Waals surface area contributed by atoms with Crippen molar-refractivity contribution in [1.82, 2.24) is 0 Å².